The zero-order valence-corrected chi connectivity index (χ0v) is 22.1. The first kappa shape index (κ1) is 26.6. The van der Waals surface area contributed by atoms with Crippen LogP contribution in [-0.4, -0.2) is 50.0 Å². The number of aryl methyl sites for hydroxylation is 1. The van der Waals surface area contributed by atoms with Crippen LogP contribution in [0.3, 0.4) is 0 Å². The second-order valence-electron chi connectivity index (χ2n) is 11.0. The number of nitrogens with one attached hydrogen (secondary N) is 2. The molecule has 0 saturated carbocycles. The molecule has 1 saturated heterocycles. The van der Waals surface area contributed by atoms with E-state index < -0.39 is 0 Å². The van der Waals surface area contributed by atoms with E-state index in [0.717, 1.165) is 70.6 Å². The summed E-state index contributed by atoms with van der Waals surface area (Å²) >= 11 is 0. The molecule has 2 aromatic carbocycles. The van der Waals surface area contributed by atoms with E-state index >= 15 is 0 Å². The van der Waals surface area contributed by atoms with Gasteiger partial charge in [-0.1, -0.05) is 18.2 Å². The zero-order valence-electron chi connectivity index (χ0n) is 22.1. The number of ether oxygens (including phenoxy) is 3. The molecule has 6 nitrogen and oxygen atoms in total. The Morgan fingerprint density at radius 2 is 1.92 bits per heavy atom. The van der Waals surface area contributed by atoms with Crippen LogP contribution in [0.25, 0.3) is 0 Å². The minimum Gasteiger partial charge on any atom is -0.491 e. The first-order chi connectivity index (χ1) is 17.4. The van der Waals surface area contributed by atoms with Crippen LogP contribution >= 0.6 is 0 Å². The van der Waals surface area contributed by atoms with Gasteiger partial charge in [0, 0.05) is 31.4 Å². The van der Waals surface area contributed by atoms with Crippen LogP contribution < -0.4 is 15.4 Å². The molecular weight excluding hydrogens is 452 g/mol. The van der Waals surface area contributed by atoms with Crippen molar-refractivity contribution in [3.63, 3.8) is 0 Å². The van der Waals surface area contributed by atoms with Gasteiger partial charge in [-0.25, -0.2) is 0 Å². The third-order valence-corrected chi connectivity index (χ3v) is 6.77. The maximum Gasteiger partial charge on any atom is 0.251 e. The molecule has 2 aliphatic rings. The minimum absolute atomic E-state index is 0.0228. The van der Waals surface area contributed by atoms with Crippen molar-refractivity contribution in [1.29, 1.82) is 0 Å². The van der Waals surface area contributed by atoms with Gasteiger partial charge in [0.15, 0.2) is 0 Å². The monoisotopic (exact) mass is 494 g/mol. The summed E-state index contributed by atoms with van der Waals surface area (Å²) in [4.78, 5) is 12.8. The van der Waals surface area contributed by atoms with Gasteiger partial charge in [-0.2, -0.15) is 0 Å². The van der Waals surface area contributed by atoms with Gasteiger partial charge < -0.3 is 24.8 Å². The third-order valence-electron chi connectivity index (χ3n) is 6.77. The van der Waals surface area contributed by atoms with Crippen LogP contribution in [0.15, 0.2) is 42.5 Å². The van der Waals surface area contributed by atoms with Gasteiger partial charge in [-0.3, -0.25) is 4.79 Å². The molecule has 2 N–H and O–H groups in total. The van der Waals surface area contributed by atoms with E-state index in [0.29, 0.717) is 12.2 Å². The maximum absolute atomic E-state index is 12.8. The quantitative estimate of drug-likeness (QED) is 0.438. The average molecular weight is 495 g/mol. The highest BCUT2D eigenvalue weighted by atomic mass is 16.5. The predicted molar refractivity (Wildman–Crippen MR) is 143 cm³/mol. The molecule has 1 amide bonds. The van der Waals surface area contributed by atoms with Gasteiger partial charge in [-0.05, 0) is 107 Å². The van der Waals surface area contributed by atoms with Gasteiger partial charge in [-0.15, -0.1) is 0 Å². The highest BCUT2D eigenvalue weighted by Gasteiger charge is 2.21. The average Bonchev–Trinajstić information content (AvgIpc) is 3.38. The summed E-state index contributed by atoms with van der Waals surface area (Å²) in [5, 5.41) is 6.75. The Morgan fingerprint density at radius 1 is 1.08 bits per heavy atom. The Kier molecular flexibility index (Phi) is 9.41. The molecule has 2 aromatic rings. The Bertz CT molecular complexity index is 977. The number of hydrogen-bond acceptors (Lipinski definition) is 5. The Hall–Kier alpha value is -2.41. The normalized spacial score (nSPS) is 19.6. The Balaban J connectivity index is 1.19. The fourth-order valence-electron chi connectivity index (χ4n) is 4.79. The van der Waals surface area contributed by atoms with Gasteiger partial charge in [0.05, 0.1) is 11.7 Å². The highest BCUT2D eigenvalue weighted by Crippen LogP contribution is 2.23. The lowest BCUT2D eigenvalue weighted by Crippen LogP contribution is -2.38. The van der Waals surface area contributed by atoms with E-state index in [1.807, 2.05) is 24.3 Å². The third kappa shape index (κ3) is 8.32. The summed E-state index contributed by atoms with van der Waals surface area (Å²) < 4.78 is 17.2. The highest BCUT2D eigenvalue weighted by molar-refractivity contribution is 5.94. The fraction of sp³-hybridized carbons (Fsp3) is 0.567. The van der Waals surface area contributed by atoms with E-state index in [4.69, 9.17) is 14.2 Å². The van der Waals surface area contributed by atoms with Crippen LogP contribution in [0, 0.1) is 0 Å². The van der Waals surface area contributed by atoms with E-state index in [2.05, 4.69) is 49.6 Å². The SMILES string of the molecule is CC(C)(C)OCCCNCc1ccc2c(c1)CC[C@H](NC(=O)c1ccc(OC[C@@H]3CCCO3)cc1)C2. The van der Waals surface area contributed by atoms with Gasteiger partial charge in [0.2, 0.25) is 0 Å². The smallest absolute Gasteiger partial charge is 0.251 e. The van der Waals surface area contributed by atoms with Crippen molar-refractivity contribution in [3.05, 3.63) is 64.7 Å². The lowest BCUT2D eigenvalue weighted by molar-refractivity contribution is -0.00380. The summed E-state index contributed by atoms with van der Waals surface area (Å²) in [6.45, 7) is 10.3. The molecule has 196 valence electrons. The predicted octanol–water partition coefficient (Wildman–Crippen LogP) is 4.83. The van der Waals surface area contributed by atoms with Crippen LogP contribution in [0.1, 0.15) is 73.5 Å². The zero-order chi connectivity index (χ0) is 25.4. The van der Waals surface area contributed by atoms with Crippen molar-refractivity contribution in [2.45, 2.75) is 83.6 Å². The van der Waals surface area contributed by atoms with Gasteiger partial charge in [0.1, 0.15) is 12.4 Å². The first-order valence-corrected chi connectivity index (χ1v) is 13.5. The topological polar surface area (TPSA) is 68.8 Å². The number of rotatable bonds is 11. The van der Waals surface area contributed by atoms with Crippen molar-refractivity contribution < 1.29 is 19.0 Å². The van der Waals surface area contributed by atoms with E-state index in [-0.39, 0.29) is 23.7 Å². The number of carbonyl (C=O) groups is 1. The molecule has 0 radical (unpaired) electrons. The number of fused-ring (bicyclic) bond motifs is 1. The summed E-state index contributed by atoms with van der Waals surface area (Å²) in [5.41, 5.74) is 4.66. The van der Waals surface area contributed by atoms with Crippen molar-refractivity contribution >= 4 is 5.91 Å². The summed E-state index contributed by atoms with van der Waals surface area (Å²) in [7, 11) is 0. The summed E-state index contributed by atoms with van der Waals surface area (Å²) in [6.07, 6.45) is 6.18. The lowest BCUT2D eigenvalue weighted by Gasteiger charge is -2.26. The number of hydrogen-bond donors (Lipinski definition) is 2. The van der Waals surface area contributed by atoms with Crippen molar-refractivity contribution in [1.82, 2.24) is 10.6 Å². The molecule has 36 heavy (non-hydrogen) atoms. The van der Waals surface area contributed by atoms with Crippen LogP contribution in [0.4, 0.5) is 0 Å². The van der Waals surface area contributed by atoms with Crippen molar-refractivity contribution in [2.75, 3.05) is 26.4 Å². The molecule has 1 aliphatic carbocycles. The van der Waals surface area contributed by atoms with Crippen molar-refractivity contribution in [3.8, 4) is 5.75 Å². The van der Waals surface area contributed by atoms with Crippen molar-refractivity contribution in [2.24, 2.45) is 0 Å². The standard InChI is InChI=1S/C30H42N2O4/c1-30(2,3)36-17-5-15-31-20-22-7-8-25-19-26(12-9-24(25)18-22)32-29(33)23-10-13-27(14-11-23)35-21-28-6-4-16-34-28/h7-8,10-11,13-14,18,26,28,31H,4-6,9,12,15-17,19-21H2,1-3H3,(H,32,33)/t26-,28-/m0/s1. The minimum atomic E-state index is -0.0696. The largest absolute Gasteiger partial charge is 0.491 e. The second-order valence-corrected chi connectivity index (χ2v) is 11.0. The number of benzene rings is 2. The lowest BCUT2D eigenvalue weighted by atomic mass is 9.87. The van der Waals surface area contributed by atoms with E-state index in [1.165, 1.54) is 16.7 Å². The molecule has 1 heterocycles. The van der Waals surface area contributed by atoms with Gasteiger partial charge >= 0.3 is 0 Å². The summed E-state index contributed by atoms with van der Waals surface area (Å²) in [5.74, 6) is 0.752. The maximum atomic E-state index is 12.8. The first-order valence-electron chi connectivity index (χ1n) is 13.5. The Morgan fingerprint density at radius 3 is 2.67 bits per heavy atom. The molecule has 0 spiro atoms. The number of amides is 1. The summed E-state index contributed by atoms with van der Waals surface area (Å²) in [6, 6.07) is 14.3. The molecule has 0 unspecified atom stereocenters. The van der Waals surface area contributed by atoms with Crippen LogP contribution in [-0.2, 0) is 28.9 Å². The van der Waals surface area contributed by atoms with E-state index in [9.17, 15) is 4.79 Å². The molecule has 1 aliphatic heterocycles. The number of carbonyl (C=O) groups excluding carboxylic acids is 1. The van der Waals surface area contributed by atoms with Crippen LogP contribution in [0.2, 0.25) is 0 Å². The second kappa shape index (κ2) is 12.7. The molecule has 0 aromatic heterocycles. The molecular formula is C30H42N2O4. The van der Waals surface area contributed by atoms with Crippen LogP contribution in [0.5, 0.6) is 5.75 Å². The molecule has 4 rings (SSSR count). The molecule has 2 atom stereocenters. The molecule has 1 fully saturated rings. The molecule has 0 bridgehead atoms. The Labute approximate surface area is 216 Å². The molecule has 6 heteroatoms. The fourth-order valence-corrected chi connectivity index (χ4v) is 4.79. The van der Waals surface area contributed by atoms with E-state index in [1.54, 1.807) is 0 Å². The van der Waals surface area contributed by atoms with Gasteiger partial charge in [0.25, 0.3) is 5.91 Å².